The van der Waals surface area contributed by atoms with Crippen molar-refractivity contribution in [3.8, 4) is 0 Å². The number of ether oxygens (including phenoxy) is 1. The summed E-state index contributed by atoms with van der Waals surface area (Å²) in [7, 11) is -2.17. The lowest BCUT2D eigenvalue weighted by molar-refractivity contribution is 0.0891. The van der Waals surface area contributed by atoms with E-state index in [-0.39, 0.29) is 24.2 Å². The third kappa shape index (κ3) is 3.95. The normalized spacial score (nSPS) is 19.4. The number of nitrogens with one attached hydrogen (secondary N) is 1. The Morgan fingerprint density at radius 2 is 2.27 bits per heavy atom. The van der Waals surface area contributed by atoms with Gasteiger partial charge in [-0.1, -0.05) is 0 Å². The summed E-state index contributed by atoms with van der Waals surface area (Å²) in [5, 5.41) is 8.67. The zero-order valence-electron chi connectivity index (χ0n) is 12.5. The number of aliphatic hydroxyl groups is 1. The largest absolute Gasteiger partial charge is 0.395 e. The average molecular weight is 332 g/mol. The van der Waals surface area contributed by atoms with Crippen LogP contribution in [0.4, 0.5) is 10.1 Å². The fraction of sp³-hybridized carbons (Fsp3) is 0.571. The second kappa shape index (κ2) is 7.36. The van der Waals surface area contributed by atoms with Gasteiger partial charge in [-0.15, -0.1) is 0 Å². The van der Waals surface area contributed by atoms with Crippen molar-refractivity contribution in [3.63, 3.8) is 0 Å². The zero-order valence-corrected chi connectivity index (χ0v) is 13.3. The summed E-state index contributed by atoms with van der Waals surface area (Å²) < 4.78 is 45.6. The lowest BCUT2D eigenvalue weighted by Crippen LogP contribution is -2.39. The number of sulfonamides is 1. The van der Waals surface area contributed by atoms with E-state index in [2.05, 4.69) is 4.72 Å². The number of piperidine rings is 1. The SMILES string of the molecule is CO[C@H]1CCCN(c2ccc(S(=O)(=O)NCCO)cc2F)C1. The Balaban J connectivity index is 2.19. The Morgan fingerprint density at radius 3 is 2.91 bits per heavy atom. The molecule has 2 rings (SSSR count). The molecule has 0 aromatic heterocycles. The number of halogens is 1. The highest BCUT2D eigenvalue weighted by Crippen LogP contribution is 2.26. The molecule has 1 aliphatic rings. The molecule has 0 spiro atoms. The molecule has 1 atom stereocenters. The number of anilines is 1. The van der Waals surface area contributed by atoms with Crippen LogP contribution in [0.3, 0.4) is 0 Å². The minimum atomic E-state index is -3.80. The number of nitrogens with zero attached hydrogens (tertiary/aromatic N) is 1. The number of benzene rings is 1. The summed E-state index contributed by atoms with van der Waals surface area (Å²) in [5.41, 5.74) is 0.378. The molecular weight excluding hydrogens is 311 g/mol. The summed E-state index contributed by atoms with van der Waals surface area (Å²) in [5.74, 6) is -0.580. The van der Waals surface area contributed by atoms with Gasteiger partial charge in [0.2, 0.25) is 10.0 Å². The van der Waals surface area contributed by atoms with Crippen molar-refractivity contribution >= 4 is 15.7 Å². The molecule has 0 unspecified atom stereocenters. The summed E-state index contributed by atoms with van der Waals surface area (Å²) in [6, 6.07) is 3.85. The van der Waals surface area contributed by atoms with Crippen LogP contribution in [-0.2, 0) is 14.8 Å². The maximum atomic E-state index is 14.3. The van der Waals surface area contributed by atoms with Gasteiger partial charge >= 0.3 is 0 Å². The van der Waals surface area contributed by atoms with Crippen molar-refractivity contribution in [2.75, 3.05) is 38.3 Å². The summed E-state index contributed by atoms with van der Waals surface area (Å²) in [4.78, 5) is 1.72. The molecule has 1 aromatic carbocycles. The lowest BCUT2D eigenvalue weighted by atomic mass is 10.1. The Hall–Kier alpha value is -1.22. The van der Waals surface area contributed by atoms with Crippen LogP contribution >= 0.6 is 0 Å². The molecule has 2 N–H and O–H groups in total. The van der Waals surface area contributed by atoms with E-state index in [4.69, 9.17) is 9.84 Å². The van der Waals surface area contributed by atoms with Crippen molar-refractivity contribution < 1.29 is 22.7 Å². The maximum Gasteiger partial charge on any atom is 0.240 e. The van der Waals surface area contributed by atoms with Crippen LogP contribution < -0.4 is 9.62 Å². The molecule has 124 valence electrons. The molecule has 1 fully saturated rings. The summed E-state index contributed by atoms with van der Waals surface area (Å²) in [6.07, 6.45) is 1.89. The van der Waals surface area contributed by atoms with Crippen molar-refractivity contribution in [1.82, 2.24) is 4.72 Å². The van der Waals surface area contributed by atoms with Crippen LogP contribution in [0.2, 0.25) is 0 Å². The Bertz CT molecular complexity index is 609. The molecule has 0 bridgehead atoms. The van der Waals surface area contributed by atoms with E-state index in [0.29, 0.717) is 18.8 Å². The van der Waals surface area contributed by atoms with E-state index >= 15 is 0 Å². The van der Waals surface area contributed by atoms with Crippen LogP contribution in [0.1, 0.15) is 12.8 Å². The molecule has 1 saturated heterocycles. The van der Waals surface area contributed by atoms with Crippen molar-refractivity contribution in [3.05, 3.63) is 24.0 Å². The van der Waals surface area contributed by atoms with Gasteiger partial charge in [0.15, 0.2) is 0 Å². The van der Waals surface area contributed by atoms with Gasteiger partial charge in [0, 0.05) is 26.7 Å². The summed E-state index contributed by atoms with van der Waals surface area (Å²) >= 11 is 0. The summed E-state index contributed by atoms with van der Waals surface area (Å²) in [6.45, 7) is 0.882. The molecule has 0 saturated carbocycles. The monoisotopic (exact) mass is 332 g/mol. The number of hydrogen-bond donors (Lipinski definition) is 2. The lowest BCUT2D eigenvalue weighted by Gasteiger charge is -2.33. The molecule has 1 heterocycles. The van der Waals surface area contributed by atoms with E-state index in [9.17, 15) is 12.8 Å². The Kier molecular flexibility index (Phi) is 5.74. The predicted octanol–water partition coefficient (Wildman–Crippen LogP) is 0.711. The zero-order chi connectivity index (χ0) is 16.2. The first-order valence-electron chi connectivity index (χ1n) is 7.15. The minimum absolute atomic E-state index is 0.0581. The third-order valence-electron chi connectivity index (χ3n) is 3.69. The highest BCUT2D eigenvalue weighted by Gasteiger charge is 2.23. The standard InChI is InChI=1S/C14H21FN2O4S/c1-21-11-3-2-7-17(10-11)14-5-4-12(9-13(14)15)22(19,20)16-6-8-18/h4-5,9,11,16,18H,2-3,6-8,10H2,1H3/t11-/m0/s1. The van der Waals surface area contributed by atoms with Gasteiger partial charge in [-0.3, -0.25) is 0 Å². The first kappa shape index (κ1) is 17.1. The van der Waals surface area contributed by atoms with Crippen LogP contribution in [0, 0.1) is 5.82 Å². The second-order valence-corrected chi connectivity index (χ2v) is 6.95. The molecule has 8 heteroatoms. The van der Waals surface area contributed by atoms with Crippen molar-refractivity contribution in [1.29, 1.82) is 0 Å². The van der Waals surface area contributed by atoms with Crippen LogP contribution in [0.25, 0.3) is 0 Å². The molecule has 1 aliphatic heterocycles. The second-order valence-electron chi connectivity index (χ2n) is 5.18. The molecule has 6 nitrogen and oxygen atoms in total. The molecule has 0 aliphatic carbocycles. The van der Waals surface area contributed by atoms with E-state index in [1.54, 1.807) is 7.11 Å². The predicted molar refractivity (Wildman–Crippen MR) is 80.9 cm³/mol. The van der Waals surface area contributed by atoms with Gasteiger partial charge in [-0.2, -0.15) is 0 Å². The van der Waals surface area contributed by atoms with Gasteiger partial charge < -0.3 is 14.7 Å². The van der Waals surface area contributed by atoms with Gasteiger partial charge in [0.25, 0.3) is 0 Å². The van der Waals surface area contributed by atoms with Gasteiger partial charge in [0.1, 0.15) is 5.82 Å². The van der Waals surface area contributed by atoms with E-state index in [0.717, 1.165) is 18.9 Å². The van der Waals surface area contributed by atoms with Crippen LogP contribution in [-0.4, -0.2) is 53.0 Å². The van der Waals surface area contributed by atoms with E-state index in [1.807, 2.05) is 4.90 Å². The molecule has 0 amide bonds. The number of methoxy groups -OCH3 is 1. The maximum absolute atomic E-state index is 14.3. The first-order chi connectivity index (χ1) is 10.5. The molecular formula is C14H21FN2O4S. The van der Waals surface area contributed by atoms with E-state index in [1.165, 1.54) is 12.1 Å². The molecule has 1 aromatic rings. The van der Waals surface area contributed by atoms with Crippen molar-refractivity contribution in [2.45, 2.75) is 23.8 Å². The molecule has 0 radical (unpaired) electrons. The minimum Gasteiger partial charge on any atom is -0.395 e. The topological polar surface area (TPSA) is 78.9 Å². The highest BCUT2D eigenvalue weighted by atomic mass is 32.2. The smallest absolute Gasteiger partial charge is 0.240 e. The third-order valence-corrected chi connectivity index (χ3v) is 5.14. The van der Waals surface area contributed by atoms with Crippen LogP contribution in [0.5, 0.6) is 0 Å². The van der Waals surface area contributed by atoms with E-state index < -0.39 is 15.8 Å². The van der Waals surface area contributed by atoms with Crippen LogP contribution in [0.15, 0.2) is 23.1 Å². The highest BCUT2D eigenvalue weighted by molar-refractivity contribution is 7.89. The Morgan fingerprint density at radius 1 is 1.50 bits per heavy atom. The van der Waals surface area contributed by atoms with Crippen molar-refractivity contribution in [2.24, 2.45) is 0 Å². The molecule has 22 heavy (non-hydrogen) atoms. The number of aliphatic hydroxyl groups excluding tert-OH is 1. The average Bonchev–Trinajstić information content (AvgIpc) is 2.53. The number of rotatable bonds is 6. The van der Waals surface area contributed by atoms with Gasteiger partial charge in [0.05, 0.1) is 23.3 Å². The first-order valence-corrected chi connectivity index (χ1v) is 8.64. The fourth-order valence-electron chi connectivity index (χ4n) is 2.52. The van der Waals surface area contributed by atoms with Gasteiger partial charge in [-0.25, -0.2) is 17.5 Å². The fourth-order valence-corrected chi connectivity index (χ4v) is 3.56. The Labute approximate surface area is 129 Å². The van der Waals surface area contributed by atoms with Gasteiger partial charge in [-0.05, 0) is 31.0 Å². The quantitative estimate of drug-likeness (QED) is 0.802. The number of hydrogen-bond acceptors (Lipinski definition) is 5.